The Kier molecular flexibility index (Phi) is 9.11. The number of methoxy groups -OCH3 is 1. The van der Waals surface area contributed by atoms with Crippen LogP contribution in [0.4, 0.5) is 0 Å². The van der Waals surface area contributed by atoms with Crippen molar-refractivity contribution in [2.24, 2.45) is 5.41 Å². The van der Waals surface area contributed by atoms with Gasteiger partial charge in [-0.2, -0.15) is 0 Å². The molecule has 0 bridgehead atoms. The third kappa shape index (κ3) is 6.51. The molecular formula is C12H23NO6. The summed E-state index contributed by atoms with van der Waals surface area (Å²) in [6.07, 6.45) is 0.111. The van der Waals surface area contributed by atoms with Crippen molar-refractivity contribution < 1.29 is 28.9 Å². The van der Waals surface area contributed by atoms with Crippen molar-refractivity contribution in [2.45, 2.75) is 13.3 Å². The van der Waals surface area contributed by atoms with Crippen LogP contribution in [0.1, 0.15) is 13.3 Å². The fourth-order valence-corrected chi connectivity index (χ4v) is 1.33. The molecule has 1 unspecified atom stereocenters. The summed E-state index contributed by atoms with van der Waals surface area (Å²) in [5, 5.41) is 11.4. The first-order chi connectivity index (χ1) is 8.99. The number of carboxylic acids is 1. The molecule has 19 heavy (non-hydrogen) atoms. The van der Waals surface area contributed by atoms with E-state index in [1.165, 1.54) is 14.0 Å². The number of carbonyl (C=O) groups excluding carboxylic acids is 1. The molecule has 2 N–H and O–H groups in total. The van der Waals surface area contributed by atoms with Crippen molar-refractivity contribution in [3.63, 3.8) is 0 Å². The smallest absolute Gasteiger partial charge is 0.319 e. The van der Waals surface area contributed by atoms with Crippen LogP contribution in [0.5, 0.6) is 0 Å². The summed E-state index contributed by atoms with van der Waals surface area (Å²) >= 11 is 0. The third-order valence-electron chi connectivity index (χ3n) is 2.75. The predicted molar refractivity (Wildman–Crippen MR) is 67.9 cm³/mol. The second-order valence-corrected chi connectivity index (χ2v) is 4.18. The van der Waals surface area contributed by atoms with Crippen LogP contribution in [0, 0.1) is 5.41 Å². The SMILES string of the molecule is CNC(=O)C(C)(CCOCCOCCOC)C(=O)O. The molecule has 0 aliphatic heterocycles. The van der Waals surface area contributed by atoms with Gasteiger partial charge >= 0.3 is 5.97 Å². The number of hydrogen-bond donors (Lipinski definition) is 2. The van der Waals surface area contributed by atoms with Gasteiger partial charge in [-0.1, -0.05) is 0 Å². The van der Waals surface area contributed by atoms with E-state index in [1.807, 2.05) is 0 Å². The van der Waals surface area contributed by atoms with Gasteiger partial charge in [0, 0.05) is 20.8 Å². The lowest BCUT2D eigenvalue weighted by atomic mass is 9.86. The quantitative estimate of drug-likeness (QED) is 0.404. The van der Waals surface area contributed by atoms with E-state index < -0.39 is 17.3 Å². The number of ether oxygens (including phenoxy) is 3. The van der Waals surface area contributed by atoms with Gasteiger partial charge in [0.05, 0.1) is 26.4 Å². The van der Waals surface area contributed by atoms with E-state index in [4.69, 9.17) is 19.3 Å². The molecule has 1 amide bonds. The number of carbonyl (C=O) groups is 2. The largest absolute Gasteiger partial charge is 0.480 e. The lowest BCUT2D eigenvalue weighted by Gasteiger charge is -2.22. The molecule has 0 rings (SSSR count). The Balaban J connectivity index is 3.83. The molecule has 112 valence electrons. The monoisotopic (exact) mass is 277 g/mol. The van der Waals surface area contributed by atoms with Crippen LogP contribution in [0.3, 0.4) is 0 Å². The summed E-state index contributed by atoms with van der Waals surface area (Å²) in [7, 11) is 3.00. The molecule has 0 saturated carbocycles. The second-order valence-electron chi connectivity index (χ2n) is 4.18. The lowest BCUT2D eigenvalue weighted by Crippen LogP contribution is -2.43. The van der Waals surface area contributed by atoms with Crippen molar-refractivity contribution in [2.75, 3.05) is 47.2 Å². The Labute approximate surface area is 113 Å². The molecule has 0 radical (unpaired) electrons. The van der Waals surface area contributed by atoms with E-state index in [1.54, 1.807) is 7.11 Å². The first-order valence-electron chi connectivity index (χ1n) is 6.09. The van der Waals surface area contributed by atoms with E-state index in [0.717, 1.165) is 0 Å². The molecule has 0 spiro atoms. The van der Waals surface area contributed by atoms with Gasteiger partial charge in [-0.05, 0) is 13.3 Å². The zero-order chi connectivity index (χ0) is 14.7. The maximum absolute atomic E-state index is 11.5. The average Bonchev–Trinajstić information content (AvgIpc) is 2.40. The molecular weight excluding hydrogens is 254 g/mol. The Hall–Kier alpha value is -1.18. The molecule has 0 fully saturated rings. The van der Waals surface area contributed by atoms with Gasteiger partial charge in [0.2, 0.25) is 5.91 Å². The highest BCUT2D eigenvalue weighted by Gasteiger charge is 2.40. The highest BCUT2D eigenvalue weighted by Crippen LogP contribution is 2.21. The third-order valence-corrected chi connectivity index (χ3v) is 2.75. The number of amides is 1. The Morgan fingerprint density at radius 2 is 1.63 bits per heavy atom. The Morgan fingerprint density at radius 3 is 2.11 bits per heavy atom. The molecule has 7 nitrogen and oxygen atoms in total. The maximum Gasteiger partial charge on any atom is 0.319 e. The molecule has 1 atom stereocenters. The van der Waals surface area contributed by atoms with Crippen molar-refractivity contribution in [1.29, 1.82) is 0 Å². The normalized spacial score (nSPS) is 13.8. The summed E-state index contributed by atoms with van der Waals surface area (Å²) in [6, 6.07) is 0. The van der Waals surface area contributed by atoms with E-state index in [0.29, 0.717) is 26.4 Å². The first-order valence-corrected chi connectivity index (χ1v) is 6.09. The van der Waals surface area contributed by atoms with Crippen molar-refractivity contribution in [3.8, 4) is 0 Å². The van der Waals surface area contributed by atoms with Crippen LogP contribution < -0.4 is 5.32 Å². The maximum atomic E-state index is 11.5. The fourth-order valence-electron chi connectivity index (χ4n) is 1.33. The highest BCUT2D eigenvalue weighted by molar-refractivity contribution is 6.01. The zero-order valence-corrected chi connectivity index (χ0v) is 11.7. The van der Waals surface area contributed by atoms with E-state index in [-0.39, 0.29) is 13.0 Å². The summed E-state index contributed by atoms with van der Waals surface area (Å²) in [5.74, 6) is -1.69. The van der Waals surface area contributed by atoms with Crippen LogP contribution in [0.15, 0.2) is 0 Å². The average molecular weight is 277 g/mol. The summed E-state index contributed by atoms with van der Waals surface area (Å²) in [6.45, 7) is 3.34. The van der Waals surface area contributed by atoms with Gasteiger partial charge in [-0.3, -0.25) is 9.59 Å². The van der Waals surface area contributed by atoms with Gasteiger partial charge in [0.15, 0.2) is 0 Å². The Morgan fingerprint density at radius 1 is 1.11 bits per heavy atom. The predicted octanol–water partition coefficient (Wildman–Crippen LogP) is -0.107. The highest BCUT2D eigenvalue weighted by atomic mass is 16.5. The minimum atomic E-state index is -1.47. The van der Waals surface area contributed by atoms with Gasteiger partial charge < -0.3 is 24.6 Å². The molecule has 0 aliphatic rings. The van der Waals surface area contributed by atoms with E-state index in [9.17, 15) is 9.59 Å². The van der Waals surface area contributed by atoms with Crippen LogP contribution in [0.2, 0.25) is 0 Å². The van der Waals surface area contributed by atoms with E-state index in [2.05, 4.69) is 5.32 Å². The zero-order valence-electron chi connectivity index (χ0n) is 11.7. The number of aliphatic carboxylic acids is 1. The molecule has 0 aromatic heterocycles. The van der Waals surface area contributed by atoms with Gasteiger partial charge in [-0.25, -0.2) is 0 Å². The summed E-state index contributed by atoms with van der Waals surface area (Å²) in [4.78, 5) is 22.6. The molecule has 0 aromatic rings. The Bertz CT molecular complexity index is 283. The number of nitrogens with one attached hydrogen (secondary N) is 1. The van der Waals surface area contributed by atoms with Crippen LogP contribution in [-0.2, 0) is 23.8 Å². The van der Waals surface area contributed by atoms with Crippen molar-refractivity contribution in [3.05, 3.63) is 0 Å². The van der Waals surface area contributed by atoms with Crippen LogP contribution in [-0.4, -0.2) is 64.2 Å². The van der Waals surface area contributed by atoms with Crippen molar-refractivity contribution >= 4 is 11.9 Å². The number of hydrogen-bond acceptors (Lipinski definition) is 5. The van der Waals surface area contributed by atoms with Gasteiger partial charge in [0.1, 0.15) is 5.41 Å². The fraction of sp³-hybridized carbons (Fsp3) is 0.833. The number of carboxylic acid groups (broad SMARTS) is 1. The van der Waals surface area contributed by atoms with Crippen molar-refractivity contribution in [1.82, 2.24) is 5.32 Å². The molecule has 7 heteroatoms. The molecule has 0 heterocycles. The topological polar surface area (TPSA) is 94.1 Å². The summed E-state index contributed by atoms with van der Waals surface area (Å²) in [5.41, 5.74) is -1.47. The standard InChI is InChI=1S/C12H23NO6/c1-12(11(15)16,10(14)13-2)4-5-18-8-9-19-7-6-17-3/h4-9H2,1-3H3,(H,13,14)(H,15,16). The molecule has 0 saturated heterocycles. The summed E-state index contributed by atoms with van der Waals surface area (Å²) < 4.78 is 15.2. The van der Waals surface area contributed by atoms with Crippen LogP contribution >= 0.6 is 0 Å². The lowest BCUT2D eigenvalue weighted by molar-refractivity contribution is -0.156. The number of rotatable bonds is 11. The first kappa shape index (κ1) is 17.8. The second kappa shape index (κ2) is 9.71. The molecule has 0 aliphatic carbocycles. The van der Waals surface area contributed by atoms with Gasteiger partial charge in [-0.15, -0.1) is 0 Å². The van der Waals surface area contributed by atoms with Crippen LogP contribution in [0.25, 0.3) is 0 Å². The van der Waals surface area contributed by atoms with E-state index >= 15 is 0 Å². The minimum Gasteiger partial charge on any atom is -0.480 e. The van der Waals surface area contributed by atoms with Gasteiger partial charge in [0.25, 0.3) is 0 Å². The molecule has 0 aromatic carbocycles. The minimum absolute atomic E-state index is 0.111.